The topological polar surface area (TPSA) is 64.6 Å². The molecule has 1 amide bonds. The van der Waals surface area contributed by atoms with Crippen LogP contribution in [0, 0.1) is 23.7 Å². The van der Waals surface area contributed by atoms with Crippen LogP contribution in [-0.2, 0) is 19.1 Å². The van der Waals surface area contributed by atoms with Crippen LogP contribution in [-0.4, -0.2) is 43.7 Å². The van der Waals surface area contributed by atoms with Gasteiger partial charge in [0.1, 0.15) is 5.78 Å². The molecule has 2 aliphatic carbocycles. The third kappa shape index (κ3) is 9.47. The third-order valence-corrected chi connectivity index (χ3v) is 6.74. The zero-order valence-electron chi connectivity index (χ0n) is 19.8. The first kappa shape index (κ1) is 25.3. The number of ether oxygens (including phenoxy) is 2. The molecule has 0 unspecified atom stereocenters. The fraction of sp³-hybridized carbons (Fsp3) is 0.920. The molecular weight excluding hydrogens is 378 g/mol. The number of carbonyl (C=O) groups excluding carboxylic acids is 2. The molecule has 5 nitrogen and oxygen atoms in total. The van der Waals surface area contributed by atoms with E-state index in [4.69, 9.17) is 9.47 Å². The number of amides is 1. The average Bonchev–Trinajstić information content (AvgIpc) is 2.72. The number of hydrogen-bond donors (Lipinski definition) is 1. The van der Waals surface area contributed by atoms with Crippen LogP contribution in [0.3, 0.4) is 0 Å². The fourth-order valence-electron chi connectivity index (χ4n) is 4.77. The van der Waals surface area contributed by atoms with Gasteiger partial charge in [0.15, 0.2) is 0 Å². The Kier molecular flexibility index (Phi) is 11.4. The zero-order valence-corrected chi connectivity index (χ0v) is 19.8. The summed E-state index contributed by atoms with van der Waals surface area (Å²) >= 11 is 0. The highest BCUT2D eigenvalue weighted by molar-refractivity contribution is 5.83. The van der Waals surface area contributed by atoms with Gasteiger partial charge in [-0.1, -0.05) is 13.8 Å². The molecule has 0 aromatic rings. The number of Topliss-reactive ketones (excluding diaryl/α,β-unsaturated/α-hetero) is 1. The van der Waals surface area contributed by atoms with Crippen LogP contribution in [0.1, 0.15) is 91.9 Å². The smallest absolute Gasteiger partial charge is 0.220 e. The largest absolute Gasteiger partial charge is 0.381 e. The Morgan fingerprint density at radius 3 is 2.03 bits per heavy atom. The molecule has 2 saturated carbocycles. The Balaban J connectivity index is 1.47. The monoisotopic (exact) mass is 423 g/mol. The molecule has 0 spiro atoms. The van der Waals surface area contributed by atoms with Gasteiger partial charge in [-0.15, -0.1) is 0 Å². The van der Waals surface area contributed by atoms with E-state index < -0.39 is 0 Å². The summed E-state index contributed by atoms with van der Waals surface area (Å²) in [4.78, 5) is 24.3. The Morgan fingerprint density at radius 2 is 1.47 bits per heavy atom. The predicted molar refractivity (Wildman–Crippen MR) is 120 cm³/mol. The molecule has 2 aliphatic rings. The standard InChI is InChI=1S/C25H45NO4/c1-18(2)25(28)22-11-13-23(14-12-22)26-24(27)6-5-15-29-16-20-7-9-21(10-8-20)17-30-19(3)4/h18-23H,5-17H2,1-4H3,(H,26,27). The minimum atomic E-state index is 0.120. The summed E-state index contributed by atoms with van der Waals surface area (Å²) in [7, 11) is 0. The van der Waals surface area contributed by atoms with Crippen molar-refractivity contribution in [1.82, 2.24) is 5.32 Å². The average molecular weight is 424 g/mol. The first-order valence-corrected chi connectivity index (χ1v) is 12.4. The van der Waals surface area contributed by atoms with E-state index in [2.05, 4.69) is 19.2 Å². The van der Waals surface area contributed by atoms with Gasteiger partial charge in [-0.05, 0) is 83.5 Å². The molecule has 0 aliphatic heterocycles. The second kappa shape index (κ2) is 13.5. The third-order valence-electron chi connectivity index (χ3n) is 6.74. The van der Waals surface area contributed by atoms with Gasteiger partial charge in [-0.3, -0.25) is 9.59 Å². The van der Waals surface area contributed by atoms with E-state index in [1.54, 1.807) is 0 Å². The Labute approximate surface area is 184 Å². The number of nitrogens with one attached hydrogen (secondary N) is 1. The van der Waals surface area contributed by atoms with Crippen molar-refractivity contribution in [2.75, 3.05) is 19.8 Å². The highest BCUT2D eigenvalue weighted by Crippen LogP contribution is 2.29. The molecule has 0 radical (unpaired) electrons. The minimum Gasteiger partial charge on any atom is -0.381 e. The van der Waals surface area contributed by atoms with Crippen LogP contribution >= 0.6 is 0 Å². The highest BCUT2D eigenvalue weighted by atomic mass is 16.5. The summed E-state index contributed by atoms with van der Waals surface area (Å²) in [5.74, 6) is 2.21. The van der Waals surface area contributed by atoms with Gasteiger partial charge < -0.3 is 14.8 Å². The predicted octanol–water partition coefficient (Wildman–Crippen LogP) is 4.91. The molecule has 0 heterocycles. The highest BCUT2D eigenvalue weighted by Gasteiger charge is 2.28. The molecule has 0 bridgehead atoms. The maximum atomic E-state index is 12.2. The van der Waals surface area contributed by atoms with Gasteiger partial charge in [0.25, 0.3) is 0 Å². The Hall–Kier alpha value is -0.940. The number of hydrogen-bond acceptors (Lipinski definition) is 4. The molecule has 0 aromatic heterocycles. The maximum absolute atomic E-state index is 12.2. The van der Waals surface area contributed by atoms with Crippen LogP contribution in [0.15, 0.2) is 0 Å². The molecule has 0 atom stereocenters. The lowest BCUT2D eigenvalue weighted by molar-refractivity contribution is -0.127. The Bertz CT molecular complexity index is 503. The summed E-state index contributed by atoms with van der Waals surface area (Å²) in [5.41, 5.74) is 0. The normalized spacial score (nSPS) is 27.4. The quantitative estimate of drug-likeness (QED) is 0.453. The van der Waals surface area contributed by atoms with Crippen molar-refractivity contribution in [3.63, 3.8) is 0 Å². The Morgan fingerprint density at radius 1 is 0.867 bits per heavy atom. The lowest BCUT2D eigenvalue weighted by atomic mass is 9.80. The molecule has 2 rings (SSSR count). The van der Waals surface area contributed by atoms with Crippen LogP contribution in [0.5, 0.6) is 0 Å². The minimum absolute atomic E-state index is 0.120. The van der Waals surface area contributed by atoms with Crippen molar-refractivity contribution in [2.45, 2.75) is 104 Å². The summed E-state index contributed by atoms with van der Waals surface area (Å²) in [6.45, 7) is 10.5. The van der Waals surface area contributed by atoms with Crippen LogP contribution in [0.25, 0.3) is 0 Å². The zero-order chi connectivity index (χ0) is 21.9. The lowest BCUT2D eigenvalue weighted by Crippen LogP contribution is -2.39. The molecule has 1 N–H and O–H groups in total. The van der Waals surface area contributed by atoms with Crippen molar-refractivity contribution < 1.29 is 19.1 Å². The first-order chi connectivity index (χ1) is 14.3. The second-order valence-electron chi connectivity index (χ2n) is 10.1. The van der Waals surface area contributed by atoms with E-state index in [0.29, 0.717) is 36.8 Å². The van der Waals surface area contributed by atoms with Gasteiger partial charge in [-0.2, -0.15) is 0 Å². The van der Waals surface area contributed by atoms with Crippen LogP contribution in [0.4, 0.5) is 0 Å². The molecule has 0 saturated heterocycles. The summed E-state index contributed by atoms with van der Waals surface area (Å²) in [6.07, 6.45) is 10.3. The molecule has 0 aromatic carbocycles. The molecule has 30 heavy (non-hydrogen) atoms. The van der Waals surface area contributed by atoms with Crippen molar-refractivity contribution in [3.05, 3.63) is 0 Å². The van der Waals surface area contributed by atoms with Gasteiger partial charge in [-0.25, -0.2) is 0 Å². The van der Waals surface area contributed by atoms with E-state index in [9.17, 15) is 9.59 Å². The number of ketones is 1. The first-order valence-electron chi connectivity index (χ1n) is 12.4. The van der Waals surface area contributed by atoms with Crippen molar-refractivity contribution in [3.8, 4) is 0 Å². The van der Waals surface area contributed by atoms with E-state index >= 15 is 0 Å². The van der Waals surface area contributed by atoms with Gasteiger partial charge in [0, 0.05) is 44.1 Å². The number of rotatable bonds is 12. The van der Waals surface area contributed by atoms with Gasteiger partial charge in [0.05, 0.1) is 6.10 Å². The van der Waals surface area contributed by atoms with E-state index in [0.717, 1.165) is 45.3 Å². The van der Waals surface area contributed by atoms with Crippen molar-refractivity contribution in [1.29, 1.82) is 0 Å². The van der Waals surface area contributed by atoms with Gasteiger partial charge in [0.2, 0.25) is 5.91 Å². The molecule has 5 heteroatoms. The molecule has 2 fully saturated rings. The molecular formula is C25H45NO4. The van der Waals surface area contributed by atoms with Crippen molar-refractivity contribution >= 4 is 11.7 Å². The van der Waals surface area contributed by atoms with Crippen molar-refractivity contribution in [2.24, 2.45) is 23.7 Å². The summed E-state index contributed by atoms with van der Waals surface area (Å²) in [5, 5.41) is 3.15. The SMILES string of the molecule is CC(C)OCC1CCC(COCCCC(=O)NC2CCC(C(=O)C(C)C)CC2)CC1. The lowest BCUT2D eigenvalue weighted by Gasteiger charge is -2.29. The summed E-state index contributed by atoms with van der Waals surface area (Å²) < 4.78 is 11.6. The second-order valence-corrected chi connectivity index (χ2v) is 10.1. The maximum Gasteiger partial charge on any atom is 0.220 e. The van der Waals surface area contributed by atoms with E-state index in [1.165, 1.54) is 25.7 Å². The van der Waals surface area contributed by atoms with E-state index in [-0.39, 0.29) is 23.8 Å². The van der Waals surface area contributed by atoms with E-state index in [1.807, 2.05) is 13.8 Å². The van der Waals surface area contributed by atoms with Crippen LogP contribution in [0.2, 0.25) is 0 Å². The number of carbonyl (C=O) groups is 2. The fourth-order valence-corrected chi connectivity index (χ4v) is 4.77. The van der Waals surface area contributed by atoms with Crippen LogP contribution < -0.4 is 5.32 Å². The molecule has 174 valence electrons. The summed E-state index contributed by atoms with van der Waals surface area (Å²) in [6, 6.07) is 0.240. The van der Waals surface area contributed by atoms with Gasteiger partial charge >= 0.3 is 0 Å².